The Hall–Kier alpha value is -3.13. The van der Waals surface area contributed by atoms with E-state index in [1.54, 1.807) is 6.20 Å². The van der Waals surface area contributed by atoms with Crippen LogP contribution in [-0.4, -0.2) is 32.9 Å². The lowest BCUT2D eigenvalue weighted by molar-refractivity contribution is -0.118. The first-order valence-electron chi connectivity index (χ1n) is 10.6. The van der Waals surface area contributed by atoms with E-state index in [1.165, 1.54) is 30.0 Å². The molecule has 3 aromatic rings. The third kappa shape index (κ3) is 5.97. The summed E-state index contributed by atoms with van der Waals surface area (Å²) < 4.78 is 2.03. The number of amides is 2. The number of nitrogens with one attached hydrogen (secondary N) is 1. The summed E-state index contributed by atoms with van der Waals surface area (Å²) >= 11 is 1.41. The second kappa shape index (κ2) is 9.99. The van der Waals surface area contributed by atoms with Crippen molar-refractivity contribution in [2.45, 2.75) is 53.0 Å². The Morgan fingerprint density at radius 2 is 1.84 bits per heavy atom. The minimum Gasteiger partial charge on any atom is -0.356 e. The maximum Gasteiger partial charge on any atom is 0.299 e. The molecule has 2 aromatic heterocycles. The van der Waals surface area contributed by atoms with E-state index >= 15 is 0 Å². The lowest BCUT2D eigenvalue weighted by Gasteiger charge is -2.19. The van der Waals surface area contributed by atoms with Gasteiger partial charge in [0, 0.05) is 31.6 Å². The number of carbonyl (C=O) groups is 2. The highest BCUT2D eigenvalue weighted by Gasteiger charge is 2.15. The summed E-state index contributed by atoms with van der Waals surface area (Å²) in [7, 11) is 0. The average Bonchev–Trinajstić information content (AvgIpc) is 3.13. The molecule has 0 aliphatic heterocycles. The first kappa shape index (κ1) is 23.5. The number of carbonyl (C=O) groups excluding carboxylic acids is 2. The van der Waals surface area contributed by atoms with Crippen LogP contribution >= 0.6 is 11.3 Å². The highest BCUT2D eigenvalue weighted by atomic mass is 32.1. The average molecular weight is 452 g/mol. The van der Waals surface area contributed by atoms with Crippen LogP contribution in [0.1, 0.15) is 55.9 Å². The Bertz CT molecular complexity index is 1150. The number of aromatic nitrogens is 3. The van der Waals surface area contributed by atoms with Gasteiger partial charge in [-0.2, -0.15) is 4.99 Å². The zero-order valence-electron chi connectivity index (χ0n) is 19.2. The topological polar surface area (TPSA) is 89.2 Å². The molecule has 7 nitrogen and oxygen atoms in total. The molecular weight excluding hydrogens is 422 g/mol. The van der Waals surface area contributed by atoms with Gasteiger partial charge in [0.25, 0.3) is 5.91 Å². The molecule has 0 spiro atoms. The van der Waals surface area contributed by atoms with Gasteiger partial charge in [-0.1, -0.05) is 45.0 Å². The molecule has 3 rings (SSSR count). The SMILES string of the molecule is CC(=O)NCCCn1c(-c2ccc(C(C)(C)C)cc2)csc1=NC(=O)c1cnc(C)cn1. The predicted molar refractivity (Wildman–Crippen MR) is 126 cm³/mol. The third-order valence-electron chi connectivity index (χ3n) is 4.97. The Morgan fingerprint density at radius 1 is 1.12 bits per heavy atom. The summed E-state index contributed by atoms with van der Waals surface area (Å²) in [6.45, 7) is 11.0. The van der Waals surface area contributed by atoms with Crippen molar-refractivity contribution in [3.63, 3.8) is 0 Å². The molecule has 168 valence electrons. The number of thiazole rings is 1. The molecule has 8 heteroatoms. The standard InChI is InChI=1S/C24H29N5O2S/c1-16-13-27-20(14-26-16)22(31)28-23-29(12-6-11-25-17(2)30)21(15-32-23)18-7-9-19(10-8-18)24(3,4)5/h7-10,13-15H,6,11-12H2,1-5H3,(H,25,30). The highest BCUT2D eigenvalue weighted by Crippen LogP contribution is 2.26. The number of hydrogen-bond acceptors (Lipinski definition) is 5. The summed E-state index contributed by atoms with van der Waals surface area (Å²) in [4.78, 5) is 37.1. The molecule has 1 aromatic carbocycles. The molecule has 32 heavy (non-hydrogen) atoms. The Labute approximate surface area is 192 Å². The molecule has 0 aliphatic rings. The summed E-state index contributed by atoms with van der Waals surface area (Å²) in [6, 6.07) is 8.48. The van der Waals surface area contributed by atoms with Crippen molar-refractivity contribution in [2.75, 3.05) is 6.54 Å². The van der Waals surface area contributed by atoms with Crippen molar-refractivity contribution < 1.29 is 9.59 Å². The third-order valence-corrected chi connectivity index (χ3v) is 5.84. The van der Waals surface area contributed by atoms with Crippen molar-refractivity contribution in [3.8, 4) is 11.3 Å². The van der Waals surface area contributed by atoms with Gasteiger partial charge in [-0.25, -0.2) is 4.98 Å². The number of aryl methyl sites for hydroxylation is 1. The van der Waals surface area contributed by atoms with Crippen LogP contribution in [0.3, 0.4) is 0 Å². The molecule has 0 saturated heterocycles. The second-order valence-corrected chi connectivity index (χ2v) is 9.52. The van der Waals surface area contributed by atoms with Crippen LogP contribution in [0.5, 0.6) is 0 Å². The minimum atomic E-state index is -0.426. The van der Waals surface area contributed by atoms with Gasteiger partial charge in [-0.3, -0.25) is 14.6 Å². The smallest absolute Gasteiger partial charge is 0.299 e. The van der Waals surface area contributed by atoms with Gasteiger partial charge in [-0.15, -0.1) is 11.3 Å². The Balaban J connectivity index is 1.96. The zero-order chi connectivity index (χ0) is 23.3. The molecule has 2 amide bonds. The number of rotatable bonds is 6. The number of hydrogen-bond donors (Lipinski definition) is 1. The fourth-order valence-corrected chi connectivity index (χ4v) is 4.09. The number of benzene rings is 1. The fourth-order valence-electron chi connectivity index (χ4n) is 3.16. The quantitative estimate of drug-likeness (QED) is 0.576. The zero-order valence-corrected chi connectivity index (χ0v) is 20.0. The lowest BCUT2D eigenvalue weighted by Crippen LogP contribution is -2.24. The van der Waals surface area contributed by atoms with Crippen LogP contribution in [-0.2, 0) is 16.8 Å². The summed E-state index contributed by atoms with van der Waals surface area (Å²) in [6.07, 6.45) is 3.72. The van der Waals surface area contributed by atoms with Crippen LogP contribution in [0.4, 0.5) is 0 Å². The van der Waals surface area contributed by atoms with E-state index in [0.29, 0.717) is 17.9 Å². The van der Waals surface area contributed by atoms with Crippen molar-refractivity contribution >= 4 is 23.2 Å². The minimum absolute atomic E-state index is 0.0589. The van der Waals surface area contributed by atoms with E-state index in [0.717, 1.165) is 23.4 Å². The van der Waals surface area contributed by atoms with Gasteiger partial charge in [-0.05, 0) is 29.9 Å². The largest absolute Gasteiger partial charge is 0.356 e. The number of nitrogens with zero attached hydrogens (tertiary/aromatic N) is 4. The van der Waals surface area contributed by atoms with E-state index in [4.69, 9.17) is 0 Å². The molecule has 0 bridgehead atoms. The first-order valence-corrected chi connectivity index (χ1v) is 11.4. The molecule has 0 saturated carbocycles. The Kier molecular flexibility index (Phi) is 7.35. The summed E-state index contributed by atoms with van der Waals surface area (Å²) in [5.74, 6) is -0.485. The Morgan fingerprint density at radius 3 is 2.44 bits per heavy atom. The predicted octanol–water partition coefficient (Wildman–Crippen LogP) is 3.88. The summed E-state index contributed by atoms with van der Waals surface area (Å²) in [5.41, 5.74) is 4.32. The molecule has 1 N–H and O–H groups in total. The fraction of sp³-hybridized carbons (Fsp3) is 0.375. The monoisotopic (exact) mass is 451 g/mol. The van der Waals surface area contributed by atoms with E-state index in [-0.39, 0.29) is 17.0 Å². The maximum absolute atomic E-state index is 12.7. The van der Waals surface area contributed by atoms with Gasteiger partial charge < -0.3 is 9.88 Å². The van der Waals surface area contributed by atoms with Gasteiger partial charge >= 0.3 is 0 Å². The maximum atomic E-state index is 12.7. The van der Waals surface area contributed by atoms with Crippen molar-refractivity contribution in [1.29, 1.82) is 0 Å². The lowest BCUT2D eigenvalue weighted by atomic mass is 9.86. The van der Waals surface area contributed by atoms with Crippen LogP contribution in [0.15, 0.2) is 47.0 Å². The van der Waals surface area contributed by atoms with Gasteiger partial charge in [0.1, 0.15) is 5.69 Å². The highest BCUT2D eigenvalue weighted by molar-refractivity contribution is 7.07. The molecule has 0 atom stereocenters. The molecule has 2 heterocycles. The van der Waals surface area contributed by atoms with E-state index < -0.39 is 5.91 Å². The second-order valence-electron chi connectivity index (χ2n) is 8.68. The van der Waals surface area contributed by atoms with Crippen molar-refractivity contribution in [3.05, 3.63) is 63.8 Å². The van der Waals surface area contributed by atoms with Gasteiger partial charge in [0.05, 0.1) is 17.6 Å². The normalized spacial score (nSPS) is 12.1. The molecule has 0 fully saturated rings. The van der Waals surface area contributed by atoms with E-state index in [1.807, 2.05) is 16.9 Å². The van der Waals surface area contributed by atoms with Crippen LogP contribution in [0.2, 0.25) is 0 Å². The van der Waals surface area contributed by atoms with Gasteiger partial charge in [0.15, 0.2) is 4.80 Å². The molecule has 0 radical (unpaired) electrons. The van der Waals surface area contributed by atoms with Crippen molar-refractivity contribution in [1.82, 2.24) is 19.9 Å². The van der Waals surface area contributed by atoms with E-state index in [9.17, 15) is 9.59 Å². The van der Waals surface area contributed by atoms with E-state index in [2.05, 4.69) is 65.3 Å². The molecular formula is C24H29N5O2S. The summed E-state index contributed by atoms with van der Waals surface area (Å²) in [5, 5.41) is 4.83. The van der Waals surface area contributed by atoms with Crippen LogP contribution < -0.4 is 10.1 Å². The van der Waals surface area contributed by atoms with Crippen LogP contribution in [0, 0.1) is 6.92 Å². The van der Waals surface area contributed by atoms with Crippen molar-refractivity contribution in [2.24, 2.45) is 4.99 Å². The van der Waals surface area contributed by atoms with Crippen LogP contribution in [0.25, 0.3) is 11.3 Å². The van der Waals surface area contributed by atoms with Gasteiger partial charge in [0.2, 0.25) is 5.91 Å². The molecule has 0 aliphatic carbocycles. The first-order chi connectivity index (χ1) is 15.1. The molecule has 0 unspecified atom stereocenters.